The Kier molecular flexibility index (Phi) is 3.96. The van der Waals surface area contributed by atoms with Crippen LogP contribution in [-0.4, -0.2) is 23.1 Å². The molecule has 2 aromatic carbocycles. The summed E-state index contributed by atoms with van der Waals surface area (Å²) in [6, 6.07) is 22.7. The summed E-state index contributed by atoms with van der Waals surface area (Å²) in [5, 5.41) is 1.32. The Bertz CT molecular complexity index is 1160. The molecule has 1 unspecified atom stereocenters. The number of fused-ring (bicyclic) bond motifs is 2. The molecular formula is C23H20N2OS. The van der Waals surface area contributed by atoms with E-state index >= 15 is 0 Å². The van der Waals surface area contributed by atoms with Crippen LogP contribution in [0.5, 0.6) is 0 Å². The smallest absolute Gasteiger partial charge is 0.255 e. The quantitative estimate of drug-likeness (QED) is 0.513. The molecule has 3 nitrogen and oxygen atoms in total. The SMILES string of the molecule is CN1Cc2cc(-n3ccccc3=O)ccc2C(c2cc3ccccc3s2)C1. The first kappa shape index (κ1) is 16.5. The van der Waals surface area contributed by atoms with Crippen LogP contribution in [0.4, 0.5) is 0 Å². The molecule has 0 amide bonds. The van der Waals surface area contributed by atoms with Gasteiger partial charge in [-0.3, -0.25) is 9.36 Å². The molecule has 4 heteroatoms. The van der Waals surface area contributed by atoms with Crippen molar-refractivity contribution in [2.24, 2.45) is 0 Å². The molecule has 0 spiro atoms. The van der Waals surface area contributed by atoms with Gasteiger partial charge >= 0.3 is 0 Å². The van der Waals surface area contributed by atoms with Gasteiger partial charge in [0.05, 0.1) is 0 Å². The zero-order valence-corrected chi connectivity index (χ0v) is 15.9. The Labute approximate surface area is 162 Å². The van der Waals surface area contributed by atoms with Crippen molar-refractivity contribution in [1.82, 2.24) is 9.47 Å². The molecule has 134 valence electrons. The lowest BCUT2D eigenvalue weighted by Crippen LogP contribution is -2.31. The van der Waals surface area contributed by atoms with Gasteiger partial charge in [0.25, 0.3) is 5.56 Å². The maximum atomic E-state index is 12.2. The summed E-state index contributed by atoms with van der Waals surface area (Å²) in [5.74, 6) is 0.373. The van der Waals surface area contributed by atoms with Crippen LogP contribution in [-0.2, 0) is 6.54 Å². The van der Waals surface area contributed by atoms with Crippen LogP contribution in [0.2, 0.25) is 0 Å². The highest BCUT2D eigenvalue weighted by atomic mass is 32.1. The number of thiophene rings is 1. The molecule has 27 heavy (non-hydrogen) atoms. The van der Waals surface area contributed by atoms with Crippen LogP contribution in [0.3, 0.4) is 0 Å². The van der Waals surface area contributed by atoms with E-state index in [0.29, 0.717) is 5.92 Å². The van der Waals surface area contributed by atoms with Crippen LogP contribution in [0.15, 0.2) is 77.7 Å². The van der Waals surface area contributed by atoms with E-state index in [1.165, 1.54) is 26.1 Å². The number of nitrogens with zero attached hydrogens (tertiary/aromatic N) is 2. The second-order valence-electron chi connectivity index (χ2n) is 7.23. The van der Waals surface area contributed by atoms with Crippen LogP contribution in [0, 0.1) is 0 Å². The van der Waals surface area contributed by atoms with Gasteiger partial charge in [-0.05, 0) is 53.9 Å². The van der Waals surface area contributed by atoms with Gasteiger partial charge in [0.15, 0.2) is 0 Å². The zero-order chi connectivity index (χ0) is 18.4. The number of rotatable bonds is 2. The molecule has 4 aromatic rings. The maximum absolute atomic E-state index is 12.2. The van der Waals surface area contributed by atoms with Crippen molar-refractivity contribution in [3.05, 3.63) is 99.3 Å². The largest absolute Gasteiger partial charge is 0.301 e. The summed E-state index contributed by atoms with van der Waals surface area (Å²) in [6.07, 6.45) is 1.83. The van der Waals surface area contributed by atoms with E-state index < -0.39 is 0 Å². The third-order valence-corrected chi connectivity index (χ3v) is 6.55. The molecular weight excluding hydrogens is 352 g/mol. The van der Waals surface area contributed by atoms with Gasteiger partial charge in [-0.1, -0.05) is 30.3 Å². The van der Waals surface area contributed by atoms with E-state index in [4.69, 9.17) is 0 Å². The molecule has 5 rings (SSSR count). The maximum Gasteiger partial charge on any atom is 0.255 e. The summed E-state index contributed by atoms with van der Waals surface area (Å²) in [6.45, 7) is 1.93. The summed E-state index contributed by atoms with van der Waals surface area (Å²) >= 11 is 1.89. The van der Waals surface area contributed by atoms with Crippen LogP contribution >= 0.6 is 11.3 Å². The van der Waals surface area contributed by atoms with Gasteiger partial charge in [-0.25, -0.2) is 0 Å². The molecule has 0 fully saturated rings. The number of hydrogen-bond donors (Lipinski definition) is 0. The molecule has 1 aliphatic heterocycles. The molecule has 0 aliphatic carbocycles. The van der Waals surface area contributed by atoms with E-state index in [-0.39, 0.29) is 5.56 Å². The molecule has 3 heterocycles. The summed E-state index contributed by atoms with van der Waals surface area (Å²) in [7, 11) is 2.17. The first-order chi connectivity index (χ1) is 13.2. The highest BCUT2D eigenvalue weighted by molar-refractivity contribution is 7.19. The normalized spacial score (nSPS) is 17.1. The Balaban J connectivity index is 1.61. The van der Waals surface area contributed by atoms with E-state index in [2.05, 4.69) is 60.5 Å². The van der Waals surface area contributed by atoms with Crippen LogP contribution < -0.4 is 5.56 Å². The van der Waals surface area contributed by atoms with E-state index in [1.54, 1.807) is 16.7 Å². The lowest BCUT2D eigenvalue weighted by molar-refractivity contribution is 0.296. The first-order valence-corrected chi connectivity index (χ1v) is 9.98. The second-order valence-corrected chi connectivity index (χ2v) is 8.34. The fraction of sp³-hybridized carbons (Fsp3) is 0.174. The third-order valence-electron chi connectivity index (χ3n) is 5.33. The van der Waals surface area contributed by atoms with E-state index in [1.807, 2.05) is 23.6 Å². The molecule has 1 atom stereocenters. The monoisotopic (exact) mass is 372 g/mol. The summed E-state index contributed by atoms with van der Waals surface area (Å²) in [4.78, 5) is 16.0. The predicted molar refractivity (Wildman–Crippen MR) is 112 cm³/mol. The van der Waals surface area contributed by atoms with Gasteiger partial charge < -0.3 is 4.90 Å². The van der Waals surface area contributed by atoms with Crippen molar-refractivity contribution >= 4 is 21.4 Å². The third kappa shape index (κ3) is 2.91. The molecule has 0 saturated carbocycles. The number of aromatic nitrogens is 1. The summed E-state index contributed by atoms with van der Waals surface area (Å²) in [5.41, 5.74) is 3.62. The zero-order valence-electron chi connectivity index (χ0n) is 15.1. The van der Waals surface area contributed by atoms with Gasteiger partial charge in [-0.2, -0.15) is 0 Å². The number of likely N-dealkylation sites (N-methyl/N-ethyl adjacent to an activating group) is 1. The Morgan fingerprint density at radius 1 is 1.00 bits per heavy atom. The highest BCUT2D eigenvalue weighted by Gasteiger charge is 2.26. The predicted octanol–water partition coefficient (Wildman–Crippen LogP) is 4.63. The minimum Gasteiger partial charge on any atom is -0.301 e. The number of pyridine rings is 1. The second kappa shape index (κ2) is 6.48. The molecule has 0 saturated heterocycles. The number of hydrogen-bond acceptors (Lipinski definition) is 3. The Morgan fingerprint density at radius 2 is 1.85 bits per heavy atom. The lowest BCUT2D eigenvalue weighted by Gasteiger charge is -2.32. The molecule has 1 aliphatic rings. The van der Waals surface area contributed by atoms with Crippen LogP contribution in [0.25, 0.3) is 15.8 Å². The topological polar surface area (TPSA) is 25.2 Å². The fourth-order valence-corrected chi connectivity index (χ4v) is 5.22. The van der Waals surface area contributed by atoms with Crippen molar-refractivity contribution in [3.63, 3.8) is 0 Å². The van der Waals surface area contributed by atoms with Crippen molar-refractivity contribution in [2.75, 3.05) is 13.6 Å². The van der Waals surface area contributed by atoms with Crippen molar-refractivity contribution in [2.45, 2.75) is 12.5 Å². The lowest BCUT2D eigenvalue weighted by atomic mass is 9.88. The molecule has 0 N–H and O–H groups in total. The van der Waals surface area contributed by atoms with E-state index in [0.717, 1.165) is 18.8 Å². The Hall–Kier alpha value is -2.69. The average molecular weight is 372 g/mol. The molecule has 0 bridgehead atoms. The van der Waals surface area contributed by atoms with Crippen molar-refractivity contribution < 1.29 is 0 Å². The molecule has 0 radical (unpaired) electrons. The fourth-order valence-electron chi connectivity index (χ4n) is 4.04. The molecule has 2 aromatic heterocycles. The average Bonchev–Trinajstić information content (AvgIpc) is 3.11. The standard InChI is InChI=1S/C23H20N2OS/c1-24-14-17-12-18(25-11-5-4-8-23(25)26)9-10-19(17)20(15-24)22-13-16-6-2-3-7-21(16)27-22/h2-13,20H,14-15H2,1H3. The van der Waals surface area contributed by atoms with Gasteiger partial charge in [0.2, 0.25) is 0 Å². The van der Waals surface area contributed by atoms with Crippen LogP contribution in [0.1, 0.15) is 21.9 Å². The van der Waals surface area contributed by atoms with Crippen molar-refractivity contribution in [1.29, 1.82) is 0 Å². The minimum atomic E-state index is 0.00247. The van der Waals surface area contributed by atoms with E-state index in [9.17, 15) is 4.79 Å². The highest BCUT2D eigenvalue weighted by Crippen LogP contribution is 2.39. The first-order valence-electron chi connectivity index (χ1n) is 9.17. The van der Waals surface area contributed by atoms with Gasteiger partial charge in [0.1, 0.15) is 0 Å². The number of benzene rings is 2. The van der Waals surface area contributed by atoms with Gasteiger partial charge in [0, 0.05) is 46.5 Å². The Morgan fingerprint density at radius 3 is 2.70 bits per heavy atom. The minimum absolute atomic E-state index is 0.00247. The summed E-state index contributed by atoms with van der Waals surface area (Å²) < 4.78 is 3.05. The van der Waals surface area contributed by atoms with Gasteiger partial charge in [-0.15, -0.1) is 11.3 Å². The van der Waals surface area contributed by atoms with Crippen molar-refractivity contribution in [3.8, 4) is 5.69 Å².